The molecular weight excluding hydrogens is 577 g/mol. The van der Waals surface area contributed by atoms with Crippen LogP contribution >= 0.6 is 11.3 Å². The van der Waals surface area contributed by atoms with Crippen LogP contribution in [0, 0.1) is 32.6 Å². The van der Waals surface area contributed by atoms with Crippen molar-refractivity contribution in [2.45, 2.75) is 33.7 Å². The van der Waals surface area contributed by atoms with Crippen molar-refractivity contribution in [3.8, 4) is 5.00 Å². The van der Waals surface area contributed by atoms with E-state index in [-0.39, 0.29) is 6.04 Å². The first-order chi connectivity index (χ1) is 21.9. The molecule has 0 bridgehead atoms. The summed E-state index contributed by atoms with van der Waals surface area (Å²) in [5.74, 6) is 3.41. The zero-order chi connectivity index (χ0) is 30.7. The van der Waals surface area contributed by atoms with Crippen LogP contribution in [0.2, 0.25) is 0 Å². The quantitative estimate of drug-likeness (QED) is 0.278. The molecule has 0 spiro atoms. The molecule has 8 rings (SSSR count). The third-order valence-electron chi connectivity index (χ3n) is 10.4. The summed E-state index contributed by atoms with van der Waals surface area (Å²) < 4.78 is 2.21. The molecule has 1 atom stereocenters. The molecule has 0 aliphatic carbocycles. The SMILES string of the molecule is Cc1sc2c(c1C)C(c1ccc(N3CC(CN4CCN(CC5CN(c6ccccc6)C5)CC4)C3)cc1)=NC(C)c1nnc(C)n1-2. The molecule has 0 radical (unpaired) electrons. The number of thiophene rings is 1. The predicted molar refractivity (Wildman–Crippen MR) is 185 cm³/mol. The van der Waals surface area contributed by atoms with E-state index < -0.39 is 0 Å². The van der Waals surface area contributed by atoms with Crippen LogP contribution in [0.1, 0.15) is 46.2 Å². The molecule has 2 aromatic heterocycles. The summed E-state index contributed by atoms with van der Waals surface area (Å²) in [4.78, 5) is 17.0. The van der Waals surface area contributed by atoms with Gasteiger partial charge in [-0.05, 0) is 57.5 Å². The molecule has 1 unspecified atom stereocenters. The fourth-order valence-corrected chi connectivity index (χ4v) is 8.84. The highest BCUT2D eigenvalue weighted by molar-refractivity contribution is 7.15. The summed E-state index contributed by atoms with van der Waals surface area (Å²) >= 11 is 1.82. The van der Waals surface area contributed by atoms with Crippen LogP contribution in [0.4, 0.5) is 11.4 Å². The van der Waals surface area contributed by atoms with E-state index in [0.717, 1.165) is 42.3 Å². The van der Waals surface area contributed by atoms with E-state index >= 15 is 0 Å². The zero-order valence-corrected chi connectivity index (χ0v) is 27.8. The highest BCUT2D eigenvalue weighted by Gasteiger charge is 2.33. The van der Waals surface area contributed by atoms with Gasteiger partial charge in [-0.3, -0.25) is 9.56 Å². The van der Waals surface area contributed by atoms with Crippen molar-refractivity contribution in [1.29, 1.82) is 0 Å². The lowest BCUT2D eigenvalue weighted by atomic mass is 9.96. The second-order valence-corrected chi connectivity index (χ2v) is 14.8. The number of benzene rings is 2. The van der Waals surface area contributed by atoms with E-state index in [9.17, 15) is 0 Å². The minimum absolute atomic E-state index is 0.0543. The van der Waals surface area contributed by atoms with Gasteiger partial charge in [0.1, 0.15) is 16.9 Å². The smallest absolute Gasteiger partial charge is 0.162 e. The Bertz CT molecular complexity index is 1690. The second kappa shape index (κ2) is 11.7. The monoisotopic (exact) mass is 620 g/mol. The van der Waals surface area contributed by atoms with Crippen molar-refractivity contribution in [2.24, 2.45) is 16.8 Å². The topological polar surface area (TPSA) is 56.0 Å². The van der Waals surface area contributed by atoms with E-state index in [1.54, 1.807) is 0 Å². The van der Waals surface area contributed by atoms with Crippen LogP contribution in [0.3, 0.4) is 0 Å². The first-order valence-electron chi connectivity index (χ1n) is 16.6. The van der Waals surface area contributed by atoms with Gasteiger partial charge in [-0.25, -0.2) is 0 Å². The maximum absolute atomic E-state index is 5.22. The molecule has 45 heavy (non-hydrogen) atoms. The number of hydrogen-bond acceptors (Lipinski definition) is 8. The van der Waals surface area contributed by atoms with Crippen LogP contribution in [0.5, 0.6) is 0 Å². The lowest BCUT2D eigenvalue weighted by molar-refractivity contribution is 0.0961. The molecule has 3 saturated heterocycles. The maximum atomic E-state index is 5.22. The summed E-state index contributed by atoms with van der Waals surface area (Å²) in [5, 5.41) is 10.1. The Morgan fingerprint density at radius 1 is 0.733 bits per heavy atom. The van der Waals surface area contributed by atoms with E-state index in [4.69, 9.17) is 4.99 Å². The average molecular weight is 621 g/mol. The second-order valence-electron chi connectivity index (χ2n) is 13.6. The Kier molecular flexibility index (Phi) is 7.50. The lowest BCUT2D eigenvalue weighted by Gasteiger charge is -2.46. The normalized spacial score (nSPS) is 21.2. The molecule has 0 saturated carbocycles. The Hall–Kier alpha value is -3.53. The maximum Gasteiger partial charge on any atom is 0.162 e. The summed E-state index contributed by atoms with van der Waals surface area (Å²) in [6.45, 7) is 20.6. The molecule has 6 heterocycles. The standard InChI is InChI=1S/C36H44N8S/c1-24-26(3)45-36-33(24)34(37-25(2)35-39-38-27(4)44(35)36)30-10-12-32(13-11-30)43-22-29(23-43)19-41-16-14-40(15-17-41)18-28-20-42(21-28)31-8-6-5-7-9-31/h5-13,25,28-29H,14-23H2,1-4H3. The van der Waals surface area contributed by atoms with Crippen LogP contribution in [-0.2, 0) is 0 Å². The van der Waals surface area contributed by atoms with E-state index in [2.05, 4.69) is 110 Å². The van der Waals surface area contributed by atoms with Crippen molar-refractivity contribution in [1.82, 2.24) is 24.6 Å². The molecule has 9 heteroatoms. The molecular formula is C36H44N8S. The molecule has 4 aliphatic heterocycles. The number of nitrogens with zero attached hydrogens (tertiary/aromatic N) is 8. The van der Waals surface area contributed by atoms with E-state index in [1.807, 2.05) is 18.3 Å². The van der Waals surface area contributed by atoms with Crippen LogP contribution in [0.15, 0.2) is 59.6 Å². The number of anilines is 2. The van der Waals surface area contributed by atoms with Crippen molar-refractivity contribution < 1.29 is 0 Å². The molecule has 0 amide bonds. The Morgan fingerprint density at radius 2 is 1.31 bits per heavy atom. The average Bonchev–Trinajstić information content (AvgIpc) is 3.50. The fourth-order valence-electron chi connectivity index (χ4n) is 7.63. The van der Waals surface area contributed by atoms with Crippen LogP contribution < -0.4 is 9.80 Å². The fraction of sp³-hybridized carbons (Fsp3) is 0.472. The van der Waals surface area contributed by atoms with Gasteiger partial charge >= 0.3 is 0 Å². The largest absolute Gasteiger partial charge is 0.371 e. The first-order valence-corrected chi connectivity index (χ1v) is 17.4. The Balaban J connectivity index is 0.839. The van der Waals surface area contributed by atoms with Crippen molar-refractivity contribution in [3.63, 3.8) is 0 Å². The van der Waals surface area contributed by atoms with Crippen LogP contribution in [0.25, 0.3) is 5.00 Å². The summed E-state index contributed by atoms with van der Waals surface area (Å²) in [6.07, 6.45) is 0. The lowest BCUT2D eigenvalue weighted by Crippen LogP contribution is -2.57. The molecule has 3 fully saturated rings. The molecule has 2 aromatic carbocycles. The molecule has 0 N–H and O–H groups in total. The van der Waals surface area contributed by atoms with E-state index in [0.29, 0.717) is 0 Å². The van der Waals surface area contributed by atoms with Gasteiger partial charge in [0.25, 0.3) is 0 Å². The molecule has 4 aliphatic rings. The minimum Gasteiger partial charge on any atom is -0.371 e. The van der Waals surface area contributed by atoms with Gasteiger partial charge in [-0.15, -0.1) is 21.5 Å². The molecule has 8 nitrogen and oxygen atoms in total. The van der Waals surface area contributed by atoms with E-state index in [1.165, 1.54) is 90.3 Å². The highest BCUT2D eigenvalue weighted by atomic mass is 32.1. The zero-order valence-electron chi connectivity index (χ0n) is 27.0. The summed E-state index contributed by atoms with van der Waals surface area (Å²) in [5.41, 5.74) is 7.46. The van der Waals surface area contributed by atoms with Gasteiger partial charge in [0.05, 0.1) is 5.71 Å². The van der Waals surface area contributed by atoms with Crippen LogP contribution in [-0.4, -0.2) is 95.7 Å². The van der Waals surface area contributed by atoms with Gasteiger partial charge in [0, 0.05) is 105 Å². The van der Waals surface area contributed by atoms with Gasteiger partial charge in [0.2, 0.25) is 0 Å². The molecule has 4 aromatic rings. The third-order valence-corrected chi connectivity index (χ3v) is 11.6. The van der Waals surface area contributed by atoms with Gasteiger partial charge < -0.3 is 19.6 Å². The van der Waals surface area contributed by atoms with Crippen molar-refractivity contribution >= 4 is 28.4 Å². The number of fused-ring (bicyclic) bond motifs is 3. The van der Waals surface area contributed by atoms with Gasteiger partial charge in [-0.1, -0.05) is 30.3 Å². The van der Waals surface area contributed by atoms with Crippen molar-refractivity contribution in [2.75, 3.05) is 75.2 Å². The minimum atomic E-state index is -0.0543. The first kappa shape index (κ1) is 28.9. The third kappa shape index (κ3) is 5.38. The number of para-hydroxylation sites is 1. The number of aliphatic imine (C=N–C) groups is 1. The number of aryl methyl sites for hydroxylation is 2. The molecule has 234 valence electrons. The number of rotatable bonds is 7. The van der Waals surface area contributed by atoms with Crippen molar-refractivity contribution in [3.05, 3.63) is 87.8 Å². The Labute approximate surface area is 271 Å². The van der Waals surface area contributed by atoms with Gasteiger partial charge in [0.15, 0.2) is 5.82 Å². The highest BCUT2D eigenvalue weighted by Crippen LogP contribution is 2.39. The number of hydrogen-bond donors (Lipinski definition) is 0. The number of aromatic nitrogens is 3. The summed E-state index contributed by atoms with van der Waals surface area (Å²) in [6, 6.07) is 19.9. The Morgan fingerprint density at radius 3 is 1.91 bits per heavy atom. The summed E-state index contributed by atoms with van der Waals surface area (Å²) in [7, 11) is 0. The predicted octanol–water partition coefficient (Wildman–Crippen LogP) is 5.36. The number of piperazine rings is 1. The van der Waals surface area contributed by atoms with Gasteiger partial charge in [-0.2, -0.15) is 0 Å².